The number of methoxy groups -OCH3 is 1. The Labute approximate surface area is 150 Å². The van der Waals surface area contributed by atoms with E-state index in [1.807, 2.05) is 30.3 Å². The van der Waals surface area contributed by atoms with Crippen LogP contribution in [0.15, 0.2) is 34.8 Å². The van der Waals surface area contributed by atoms with Crippen LogP contribution in [0.4, 0.5) is 5.69 Å². The molecule has 1 N–H and O–H groups in total. The van der Waals surface area contributed by atoms with E-state index in [2.05, 4.69) is 28.2 Å². The highest BCUT2D eigenvalue weighted by molar-refractivity contribution is 9.10. The van der Waals surface area contributed by atoms with E-state index in [1.54, 1.807) is 7.11 Å². The molecule has 128 valence electrons. The molecule has 5 nitrogen and oxygen atoms in total. The molecule has 6 heteroatoms. The van der Waals surface area contributed by atoms with Crippen molar-refractivity contribution in [3.8, 4) is 23.0 Å². The molecule has 1 aliphatic heterocycles. The maximum absolute atomic E-state index is 5.72. The summed E-state index contributed by atoms with van der Waals surface area (Å²) in [7, 11) is 1.65. The van der Waals surface area contributed by atoms with Gasteiger partial charge in [-0.2, -0.15) is 0 Å². The van der Waals surface area contributed by atoms with Crippen molar-refractivity contribution in [3.05, 3.63) is 40.4 Å². The summed E-state index contributed by atoms with van der Waals surface area (Å²) in [5.41, 5.74) is 2.05. The molecule has 1 aliphatic rings. The summed E-state index contributed by atoms with van der Waals surface area (Å²) in [6.07, 6.45) is 0.953. The zero-order valence-corrected chi connectivity index (χ0v) is 15.3. The Morgan fingerprint density at radius 1 is 1.12 bits per heavy atom. The first-order valence-electron chi connectivity index (χ1n) is 7.84. The minimum atomic E-state index is 0.279. The summed E-state index contributed by atoms with van der Waals surface area (Å²) in [4.78, 5) is 0. The monoisotopic (exact) mass is 393 g/mol. The Morgan fingerprint density at radius 2 is 1.96 bits per heavy atom. The summed E-state index contributed by atoms with van der Waals surface area (Å²) < 4.78 is 22.9. The molecule has 1 heterocycles. The summed E-state index contributed by atoms with van der Waals surface area (Å²) in [6, 6.07) is 9.74. The van der Waals surface area contributed by atoms with Crippen LogP contribution in [-0.4, -0.2) is 20.5 Å². The molecule has 0 radical (unpaired) electrons. The normalized spacial score (nSPS) is 12.1. The standard InChI is InChI=1S/C18H20BrNO4/c1-3-6-22-18-9-14(19)12(7-16(18)21-2)10-20-13-4-5-15-17(8-13)24-11-23-15/h4-5,7-9,20H,3,6,10-11H2,1-2H3. The minimum Gasteiger partial charge on any atom is -0.493 e. The maximum atomic E-state index is 5.72. The zero-order chi connectivity index (χ0) is 16.9. The molecule has 0 bridgehead atoms. The van der Waals surface area contributed by atoms with Crippen LogP contribution in [0.5, 0.6) is 23.0 Å². The third-order valence-electron chi connectivity index (χ3n) is 3.65. The van der Waals surface area contributed by atoms with E-state index in [-0.39, 0.29) is 6.79 Å². The van der Waals surface area contributed by atoms with Crippen LogP contribution in [0.2, 0.25) is 0 Å². The lowest BCUT2D eigenvalue weighted by Crippen LogP contribution is -2.03. The molecule has 0 aromatic heterocycles. The number of hydrogen-bond acceptors (Lipinski definition) is 5. The molecule has 0 saturated carbocycles. The average Bonchev–Trinajstić information content (AvgIpc) is 3.06. The van der Waals surface area contributed by atoms with Crippen LogP contribution in [0.3, 0.4) is 0 Å². The van der Waals surface area contributed by atoms with Crippen LogP contribution in [0.25, 0.3) is 0 Å². The number of anilines is 1. The van der Waals surface area contributed by atoms with Gasteiger partial charge in [-0.25, -0.2) is 0 Å². The molecule has 3 rings (SSSR count). The number of rotatable bonds is 7. The average molecular weight is 394 g/mol. The van der Waals surface area contributed by atoms with Gasteiger partial charge in [-0.05, 0) is 36.2 Å². The lowest BCUT2D eigenvalue weighted by Gasteiger charge is -2.14. The number of hydrogen-bond donors (Lipinski definition) is 1. The second-order valence-electron chi connectivity index (χ2n) is 5.36. The molecule has 24 heavy (non-hydrogen) atoms. The van der Waals surface area contributed by atoms with E-state index >= 15 is 0 Å². The second kappa shape index (κ2) is 7.66. The lowest BCUT2D eigenvalue weighted by molar-refractivity contribution is 0.174. The Balaban J connectivity index is 1.72. The molecule has 0 atom stereocenters. The fraction of sp³-hybridized carbons (Fsp3) is 0.333. The zero-order valence-electron chi connectivity index (χ0n) is 13.7. The van der Waals surface area contributed by atoms with Gasteiger partial charge in [0.15, 0.2) is 23.0 Å². The molecule has 0 fully saturated rings. The molecule has 0 aliphatic carbocycles. The van der Waals surface area contributed by atoms with Gasteiger partial charge in [0.25, 0.3) is 0 Å². The van der Waals surface area contributed by atoms with Gasteiger partial charge in [0.1, 0.15) is 0 Å². The number of benzene rings is 2. The van der Waals surface area contributed by atoms with Crippen molar-refractivity contribution in [2.75, 3.05) is 25.8 Å². The molecule has 0 saturated heterocycles. The number of fused-ring (bicyclic) bond motifs is 1. The van der Waals surface area contributed by atoms with Gasteiger partial charge in [-0.3, -0.25) is 0 Å². The van der Waals surface area contributed by atoms with Crippen LogP contribution in [0, 0.1) is 0 Å². The number of ether oxygens (including phenoxy) is 4. The Bertz CT molecular complexity index is 720. The molecule has 0 amide bonds. The fourth-order valence-corrected chi connectivity index (χ4v) is 2.86. The van der Waals surface area contributed by atoms with Crippen molar-refractivity contribution in [2.45, 2.75) is 19.9 Å². The SMILES string of the molecule is CCCOc1cc(Br)c(CNc2ccc3c(c2)OCO3)cc1OC. The summed E-state index contributed by atoms with van der Waals surface area (Å²) >= 11 is 3.61. The fourth-order valence-electron chi connectivity index (χ4n) is 2.40. The van der Waals surface area contributed by atoms with E-state index in [0.717, 1.165) is 45.1 Å². The molecular weight excluding hydrogens is 374 g/mol. The first-order chi connectivity index (χ1) is 11.7. The van der Waals surface area contributed by atoms with E-state index in [1.165, 1.54) is 0 Å². The molecule has 2 aromatic rings. The molecule has 2 aromatic carbocycles. The highest BCUT2D eigenvalue weighted by Gasteiger charge is 2.14. The highest BCUT2D eigenvalue weighted by Crippen LogP contribution is 2.36. The predicted molar refractivity (Wildman–Crippen MR) is 96.4 cm³/mol. The lowest BCUT2D eigenvalue weighted by atomic mass is 10.2. The molecule has 0 spiro atoms. The van der Waals surface area contributed by atoms with E-state index in [9.17, 15) is 0 Å². The van der Waals surface area contributed by atoms with Gasteiger partial charge in [-0.15, -0.1) is 0 Å². The maximum Gasteiger partial charge on any atom is 0.231 e. The van der Waals surface area contributed by atoms with Crippen molar-refractivity contribution in [1.29, 1.82) is 0 Å². The quantitative estimate of drug-likeness (QED) is 0.745. The number of nitrogens with one attached hydrogen (secondary N) is 1. The molecular formula is C18H20BrNO4. The van der Waals surface area contributed by atoms with Gasteiger partial charge >= 0.3 is 0 Å². The van der Waals surface area contributed by atoms with Gasteiger partial charge in [0, 0.05) is 22.8 Å². The van der Waals surface area contributed by atoms with Crippen molar-refractivity contribution in [1.82, 2.24) is 0 Å². The molecule has 0 unspecified atom stereocenters. The van der Waals surface area contributed by atoms with Crippen molar-refractivity contribution >= 4 is 21.6 Å². The van der Waals surface area contributed by atoms with Crippen LogP contribution in [0.1, 0.15) is 18.9 Å². The second-order valence-corrected chi connectivity index (χ2v) is 6.22. The van der Waals surface area contributed by atoms with Crippen molar-refractivity contribution in [3.63, 3.8) is 0 Å². The van der Waals surface area contributed by atoms with Gasteiger partial charge in [0.2, 0.25) is 6.79 Å². The van der Waals surface area contributed by atoms with Gasteiger partial charge in [0.05, 0.1) is 13.7 Å². The van der Waals surface area contributed by atoms with Crippen molar-refractivity contribution < 1.29 is 18.9 Å². The summed E-state index contributed by atoms with van der Waals surface area (Å²) in [5, 5.41) is 3.38. The first kappa shape index (κ1) is 16.8. The summed E-state index contributed by atoms with van der Waals surface area (Å²) in [6.45, 7) is 3.66. The highest BCUT2D eigenvalue weighted by atomic mass is 79.9. The van der Waals surface area contributed by atoms with Crippen LogP contribution < -0.4 is 24.3 Å². The Morgan fingerprint density at radius 3 is 2.75 bits per heavy atom. The van der Waals surface area contributed by atoms with Crippen molar-refractivity contribution in [2.24, 2.45) is 0 Å². The van der Waals surface area contributed by atoms with Gasteiger partial charge in [-0.1, -0.05) is 22.9 Å². The summed E-state index contributed by atoms with van der Waals surface area (Å²) in [5.74, 6) is 3.02. The number of halogens is 1. The smallest absolute Gasteiger partial charge is 0.231 e. The van der Waals surface area contributed by atoms with Gasteiger partial charge < -0.3 is 24.3 Å². The third-order valence-corrected chi connectivity index (χ3v) is 4.39. The Hall–Kier alpha value is -2.08. The third kappa shape index (κ3) is 3.70. The van der Waals surface area contributed by atoms with Crippen LogP contribution >= 0.6 is 15.9 Å². The minimum absolute atomic E-state index is 0.279. The van der Waals surface area contributed by atoms with E-state index in [4.69, 9.17) is 18.9 Å². The predicted octanol–water partition coefficient (Wildman–Crippen LogP) is 4.59. The van der Waals surface area contributed by atoms with E-state index in [0.29, 0.717) is 13.2 Å². The van der Waals surface area contributed by atoms with E-state index < -0.39 is 0 Å². The largest absolute Gasteiger partial charge is 0.493 e. The first-order valence-corrected chi connectivity index (χ1v) is 8.63. The Kier molecular flexibility index (Phi) is 5.35. The topological polar surface area (TPSA) is 49.0 Å². The van der Waals surface area contributed by atoms with Crippen LogP contribution in [-0.2, 0) is 6.54 Å².